The number of rotatable bonds is 0. The second-order valence-electron chi connectivity index (χ2n) is 6.24. The van der Waals surface area contributed by atoms with Crippen molar-refractivity contribution in [2.24, 2.45) is 0 Å². The molecule has 120 valence electrons. The van der Waals surface area contributed by atoms with Crippen molar-refractivity contribution in [2.45, 2.75) is 6.92 Å². The fraction of sp³-hybridized carbons (Fsp3) is 0.0476. The number of H-pyrrole nitrogens is 2. The molecular formula is C21H16N4. The lowest BCUT2D eigenvalue weighted by Crippen LogP contribution is -1.79. The van der Waals surface area contributed by atoms with Crippen LogP contribution in [0.4, 0.5) is 0 Å². The zero-order valence-electron chi connectivity index (χ0n) is 14.7. The maximum absolute atomic E-state index is 8.35. The lowest BCUT2D eigenvalue weighted by molar-refractivity contribution is 1.27. The van der Waals surface area contributed by atoms with Crippen LogP contribution in [0.2, 0.25) is 0 Å². The van der Waals surface area contributed by atoms with E-state index in [0.717, 1.165) is 44.7 Å². The third-order valence-electron chi connectivity index (χ3n) is 4.28. The maximum atomic E-state index is 8.35. The number of allylic oxidation sites excluding steroid dienone is 1. The van der Waals surface area contributed by atoms with Crippen LogP contribution in [0, 0.1) is 0 Å². The van der Waals surface area contributed by atoms with Crippen LogP contribution in [0.15, 0.2) is 48.5 Å². The van der Waals surface area contributed by atoms with Gasteiger partial charge in [-0.05, 0) is 79.2 Å². The number of aromatic amines is 2. The lowest BCUT2D eigenvalue weighted by Gasteiger charge is -1.89. The molecule has 8 bridgehead atoms. The van der Waals surface area contributed by atoms with Crippen molar-refractivity contribution in [3.05, 3.63) is 71.3 Å². The van der Waals surface area contributed by atoms with E-state index in [-0.39, 0.29) is 0 Å². The van der Waals surface area contributed by atoms with Gasteiger partial charge < -0.3 is 9.97 Å². The molecule has 0 fully saturated rings. The molecule has 4 heteroatoms. The van der Waals surface area contributed by atoms with Gasteiger partial charge in [0, 0.05) is 22.1 Å². The molecule has 2 aliphatic heterocycles. The van der Waals surface area contributed by atoms with Crippen molar-refractivity contribution in [1.82, 2.24) is 19.9 Å². The number of nitrogens with zero attached hydrogens (tertiary/aromatic N) is 2. The molecule has 0 radical (unpaired) electrons. The normalized spacial score (nSPS) is 14.0. The van der Waals surface area contributed by atoms with E-state index in [4.69, 9.17) is 1.37 Å². The molecule has 4 nitrogen and oxygen atoms in total. The molecule has 3 aromatic heterocycles. The summed E-state index contributed by atoms with van der Waals surface area (Å²) in [5.41, 5.74) is 7.98. The predicted octanol–water partition coefficient (Wildman–Crippen LogP) is 5.05. The summed E-state index contributed by atoms with van der Waals surface area (Å²) in [6.45, 7) is 1.93. The Morgan fingerprint density at radius 2 is 1.28 bits per heavy atom. The molecule has 2 aliphatic rings. The van der Waals surface area contributed by atoms with Crippen molar-refractivity contribution in [2.75, 3.05) is 0 Å². The van der Waals surface area contributed by atoms with Crippen molar-refractivity contribution < 1.29 is 1.37 Å². The molecular weight excluding hydrogens is 308 g/mol. The van der Waals surface area contributed by atoms with E-state index in [2.05, 4.69) is 26.0 Å². The molecule has 5 rings (SSSR count). The van der Waals surface area contributed by atoms with E-state index in [1.807, 2.05) is 61.5 Å². The summed E-state index contributed by atoms with van der Waals surface area (Å²) in [5, 5.41) is 0. The van der Waals surface area contributed by atoms with Crippen LogP contribution in [-0.4, -0.2) is 19.9 Å². The third kappa shape index (κ3) is 2.68. The van der Waals surface area contributed by atoms with E-state index < -0.39 is 0 Å². The highest BCUT2D eigenvalue weighted by atomic mass is 14.8. The Balaban J connectivity index is 1.88. The molecule has 0 unspecified atom stereocenters. The molecule has 3 aromatic rings. The van der Waals surface area contributed by atoms with Gasteiger partial charge in [-0.15, -0.1) is 0 Å². The molecule has 0 aromatic carbocycles. The summed E-state index contributed by atoms with van der Waals surface area (Å²) < 4.78 is 8.35. The van der Waals surface area contributed by atoms with Crippen molar-refractivity contribution >= 4 is 45.8 Å². The Labute approximate surface area is 146 Å². The first-order valence-corrected chi connectivity index (χ1v) is 8.19. The molecule has 0 spiro atoms. The number of hydrogen-bond acceptors (Lipinski definition) is 2. The Morgan fingerprint density at radius 3 is 1.96 bits per heavy atom. The molecule has 0 amide bonds. The van der Waals surface area contributed by atoms with Gasteiger partial charge in [0.05, 0.1) is 24.1 Å². The average molecular weight is 325 g/mol. The van der Waals surface area contributed by atoms with Crippen molar-refractivity contribution in [3.8, 4) is 0 Å². The second kappa shape index (κ2) is 5.31. The van der Waals surface area contributed by atoms with Gasteiger partial charge in [0.1, 0.15) is 0 Å². The lowest BCUT2D eigenvalue weighted by atomic mass is 10.2. The predicted molar refractivity (Wildman–Crippen MR) is 103 cm³/mol. The molecule has 0 aliphatic carbocycles. The standard InChI is InChI=1S/C21H16N4/c1-13-8-20-11-18-5-4-16(23-18)9-14-2-3-15(22-14)10-17-6-7-19(24-17)12-21(13)25-20/h2-12,22-23H,1H3/i8D. The average Bonchev–Trinajstić information content (AvgIpc) is 3.38. The highest BCUT2D eigenvalue weighted by Gasteiger charge is 2.07. The number of hydrogen-bond donors (Lipinski definition) is 2. The van der Waals surface area contributed by atoms with Crippen LogP contribution in [-0.2, 0) is 0 Å². The first-order valence-electron chi connectivity index (χ1n) is 8.69. The van der Waals surface area contributed by atoms with Crippen LogP contribution in [0.3, 0.4) is 0 Å². The highest BCUT2D eigenvalue weighted by Crippen LogP contribution is 2.22. The van der Waals surface area contributed by atoms with Gasteiger partial charge >= 0.3 is 0 Å². The summed E-state index contributed by atoms with van der Waals surface area (Å²) >= 11 is 0. The molecule has 0 saturated heterocycles. The van der Waals surface area contributed by atoms with Crippen LogP contribution in [0.25, 0.3) is 45.8 Å². The van der Waals surface area contributed by atoms with Crippen LogP contribution < -0.4 is 0 Å². The van der Waals surface area contributed by atoms with Gasteiger partial charge in [-0.25, -0.2) is 9.97 Å². The first-order chi connectivity index (χ1) is 12.6. The molecule has 5 heterocycles. The van der Waals surface area contributed by atoms with E-state index in [9.17, 15) is 0 Å². The van der Waals surface area contributed by atoms with E-state index >= 15 is 0 Å². The summed E-state index contributed by atoms with van der Waals surface area (Å²) in [5.74, 6) is 0. The van der Waals surface area contributed by atoms with Gasteiger partial charge in [0.2, 0.25) is 0 Å². The number of nitrogens with one attached hydrogen (secondary N) is 2. The minimum Gasteiger partial charge on any atom is -0.355 e. The number of aromatic nitrogens is 4. The third-order valence-corrected chi connectivity index (χ3v) is 4.28. The van der Waals surface area contributed by atoms with Gasteiger partial charge in [0.25, 0.3) is 0 Å². The summed E-state index contributed by atoms with van der Waals surface area (Å²) in [7, 11) is 0. The molecule has 2 N–H and O–H groups in total. The van der Waals surface area contributed by atoms with Gasteiger partial charge in [-0.3, -0.25) is 0 Å². The van der Waals surface area contributed by atoms with Gasteiger partial charge in [0.15, 0.2) is 0 Å². The van der Waals surface area contributed by atoms with E-state index in [1.54, 1.807) is 0 Å². The van der Waals surface area contributed by atoms with Gasteiger partial charge in [-0.2, -0.15) is 0 Å². The molecule has 0 saturated carbocycles. The highest BCUT2D eigenvalue weighted by molar-refractivity contribution is 5.83. The fourth-order valence-electron chi connectivity index (χ4n) is 3.07. The Kier molecular flexibility index (Phi) is 2.75. The van der Waals surface area contributed by atoms with Crippen molar-refractivity contribution in [3.63, 3.8) is 0 Å². The Bertz CT molecular complexity index is 1260. The zero-order valence-corrected chi connectivity index (χ0v) is 13.7. The SMILES string of the molecule is [2H]C1=C(C)c2cc3nc(cc4ccc(cc5ccc(cc1n2)[nH]5)[nH]4)C=C3. The molecule has 25 heavy (non-hydrogen) atoms. The fourth-order valence-corrected chi connectivity index (χ4v) is 3.07. The monoisotopic (exact) mass is 325 g/mol. The first kappa shape index (κ1) is 13.0. The largest absolute Gasteiger partial charge is 0.355 e. The summed E-state index contributed by atoms with van der Waals surface area (Å²) in [4.78, 5) is 16.0. The van der Waals surface area contributed by atoms with E-state index in [1.165, 1.54) is 0 Å². The number of fused-ring (bicyclic) bond motifs is 8. The van der Waals surface area contributed by atoms with Crippen LogP contribution in [0.5, 0.6) is 0 Å². The molecule has 0 atom stereocenters. The quantitative estimate of drug-likeness (QED) is 0.475. The van der Waals surface area contributed by atoms with Crippen LogP contribution >= 0.6 is 0 Å². The Morgan fingerprint density at radius 1 is 0.720 bits per heavy atom. The summed E-state index contributed by atoms with van der Waals surface area (Å²) in [6, 6.07) is 16.5. The smallest absolute Gasteiger partial charge is 0.0688 e. The topological polar surface area (TPSA) is 57.4 Å². The Hall–Kier alpha value is -3.40. The minimum atomic E-state index is 0.452. The van der Waals surface area contributed by atoms with E-state index in [0.29, 0.717) is 11.7 Å². The summed E-state index contributed by atoms with van der Waals surface area (Å²) in [6.07, 6.45) is 3.95. The van der Waals surface area contributed by atoms with Crippen LogP contribution in [0.1, 0.15) is 31.1 Å². The maximum Gasteiger partial charge on any atom is 0.0688 e. The van der Waals surface area contributed by atoms with Crippen molar-refractivity contribution in [1.29, 1.82) is 0 Å². The zero-order chi connectivity index (χ0) is 17.7. The second-order valence-corrected chi connectivity index (χ2v) is 6.24. The van der Waals surface area contributed by atoms with Gasteiger partial charge in [-0.1, -0.05) is 0 Å². The minimum absolute atomic E-state index is 0.452.